The zero-order chi connectivity index (χ0) is 12.2. The standard InChI is InChI=1S/C11H24N2O3/c1-16-10-8-13(7-9-14)11(15)5-3-2-4-6-12/h14H,2-10,12H2,1H3. The summed E-state index contributed by atoms with van der Waals surface area (Å²) in [5.74, 6) is 0.0862. The fourth-order valence-electron chi connectivity index (χ4n) is 1.44. The largest absolute Gasteiger partial charge is 0.395 e. The normalized spacial score (nSPS) is 10.4. The Kier molecular flexibility index (Phi) is 10.4. The van der Waals surface area contributed by atoms with Crippen molar-refractivity contribution < 1.29 is 14.6 Å². The van der Waals surface area contributed by atoms with Crippen LogP contribution in [0.4, 0.5) is 0 Å². The second-order valence-corrected chi connectivity index (χ2v) is 3.70. The fourth-order valence-corrected chi connectivity index (χ4v) is 1.44. The van der Waals surface area contributed by atoms with Crippen LogP contribution in [0.5, 0.6) is 0 Å². The maximum Gasteiger partial charge on any atom is 0.222 e. The Labute approximate surface area is 97.6 Å². The molecule has 0 saturated heterocycles. The van der Waals surface area contributed by atoms with E-state index in [1.165, 1.54) is 0 Å². The van der Waals surface area contributed by atoms with Crippen LogP contribution in [0.1, 0.15) is 25.7 Å². The molecule has 0 rings (SSSR count). The van der Waals surface area contributed by atoms with Gasteiger partial charge in [-0.25, -0.2) is 0 Å². The van der Waals surface area contributed by atoms with E-state index in [2.05, 4.69) is 0 Å². The Balaban J connectivity index is 3.77. The van der Waals surface area contributed by atoms with Crippen molar-refractivity contribution in [1.82, 2.24) is 4.90 Å². The maximum absolute atomic E-state index is 11.7. The zero-order valence-electron chi connectivity index (χ0n) is 10.2. The summed E-state index contributed by atoms with van der Waals surface area (Å²) in [6, 6.07) is 0. The van der Waals surface area contributed by atoms with Crippen molar-refractivity contribution in [1.29, 1.82) is 0 Å². The molecule has 3 N–H and O–H groups in total. The van der Waals surface area contributed by atoms with Gasteiger partial charge in [0.15, 0.2) is 0 Å². The smallest absolute Gasteiger partial charge is 0.222 e. The Hall–Kier alpha value is -0.650. The molecule has 0 fully saturated rings. The highest BCUT2D eigenvalue weighted by atomic mass is 16.5. The predicted octanol–water partition coefficient (Wildman–Crippen LogP) is -0.0272. The molecule has 0 heterocycles. The summed E-state index contributed by atoms with van der Waals surface area (Å²) >= 11 is 0. The molecule has 96 valence electrons. The molecule has 0 aliphatic rings. The Morgan fingerprint density at radius 3 is 2.62 bits per heavy atom. The first-order valence-corrected chi connectivity index (χ1v) is 5.84. The first-order valence-electron chi connectivity index (χ1n) is 5.84. The molecule has 0 aliphatic carbocycles. The summed E-state index contributed by atoms with van der Waals surface area (Å²) in [5.41, 5.74) is 5.37. The minimum Gasteiger partial charge on any atom is -0.395 e. The molecule has 0 aromatic heterocycles. The van der Waals surface area contributed by atoms with Crippen LogP contribution in [0, 0.1) is 0 Å². The quantitative estimate of drug-likeness (QED) is 0.519. The maximum atomic E-state index is 11.7. The molecular weight excluding hydrogens is 208 g/mol. The van der Waals surface area contributed by atoms with Gasteiger partial charge in [0.1, 0.15) is 0 Å². The van der Waals surface area contributed by atoms with Gasteiger partial charge < -0.3 is 20.5 Å². The van der Waals surface area contributed by atoms with Gasteiger partial charge in [-0.15, -0.1) is 0 Å². The number of aliphatic hydroxyl groups excluding tert-OH is 1. The van der Waals surface area contributed by atoms with E-state index in [-0.39, 0.29) is 12.5 Å². The third-order valence-electron chi connectivity index (χ3n) is 2.38. The first-order chi connectivity index (χ1) is 7.76. The molecule has 0 aliphatic heterocycles. The van der Waals surface area contributed by atoms with Gasteiger partial charge in [0.05, 0.1) is 13.2 Å². The number of nitrogens with zero attached hydrogens (tertiary/aromatic N) is 1. The van der Waals surface area contributed by atoms with Crippen LogP contribution in [0.25, 0.3) is 0 Å². The van der Waals surface area contributed by atoms with Crippen LogP contribution in [0.15, 0.2) is 0 Å². The van der Waals surface area contributed by atoms with Crippen molar-refractivity contribution in [2.45, 2.75) is 25.7 Å². The highest BCUT2D eigenvalue weighted by molar-refractivity contribution is 5.76. The topological polar surface area (TPSA) is 75.8 Å². The highest BCUT2D eigenvalue weighted by Gasteiger charge is 2.11. The molecule has 0 atom stereocenters. The minimum absolute atomic E-state index is 0.00173. The van der Waals surface area contributed by atoms with E-state index in [0.29, 0.717) is 32.7 Å². The van der Waals surface area contributed by atoms with Crippen LogP contribution in [0.3, 0.4) is 0 Å². The van der Waals surface area contributed by atoms with Gasteiger partial charge in [-0.1, -0.05) is 6.42 Å². The fraction of sp³-hybridized carbons (Fsp3) is 0.909. The van der Waals surface area contributed by atoms with Gasteiger partial charge in [0.25, 0.3) is 0 Å². The molecule has 0 aromatic rings. The van der Waals surface area contributed by atoms with E-state index in [1.807, 2.05) is 0 Å². The molecule has 16 heavy (non-hydrogen) atoms. The Morgan fingerprint density at radius 1 is 1.31 bits per heavy atom. The second-order valence-electron chi connectivity index (χ2n) is 3.70. The van der Waals surface area contributed by atoms with Crippen molar-refractivity contribution in [3.05, 3.63) is 0 Å². The number of hydrogen-bond acceptors (Lipinski definition) is 4. The van der Waals surface area contributed by atoms with Crippen LogP contribution in [-0.2, 0) is 9.53 Å². The monoisotopic (exact) mass is 232 g/mol. The Morgan fingerprint density at radius 2 is 2.06 bits per heavy atom. The number of nitrogens with two attached hydrogens (primary N) is 1. The summed E-state index contributed by atoms with van der Waals surface area (Å²) in [7, 11) is 1.60. The summed E-state index contributed by atoms with van der Waals surface area (Å²) in [6.07, 6.45) is 3.35. The lowest BCUT2D eigenvalue weighted by Crippen LogP contribution is -2.36. The van der Waals surface area contributed by atoms with Crippen molar-refractivity contribution in [2.24, 2.45) is 5.73 Å². The molecule has 0 radical (unpaired) electrons. The van der Waals surface area contributed by atoms with E-state index in [9.17, 15) is 4.79 Å². The minimum atomic E-state index is -0.00173. The third-order valence-corrected chi connectivity index (χ3v) is 2.38. The summed E-state index contributed by atoms with van der Waals surface area (Å²) in [6.45, 7) is 2.12. The molecule has 0 spiro atoms. The van der Waals surface area contributed by atoms with E-state index in [1.54, 1.807) is 12.0 Å². The summed E-state index contributed by atoms with van der Waals surface area (Å²) < 4.78 is 4.92. The van der Waals surface area contributed by atoms with Crippen molar-refractivity contribution in [2.75, 3.05) is 40.0 Å². The highest BCUT2D eigenvalue weighted by Crippen LogP contribution is 2.03. The van der Waals surface area contributed by atoms with Crippen molar-refractivity contribution in [3.63, 3.8) is 0 Å². The average molecular weight is 232 g/mol. The number of amides is 1. The second kappa shape index (κ2) is 10.9. The number of methoxy groups -OCH3 is 1. The van der Waals surface area contributed by atoms with E-state index in [0.717, 1.165) is 19.3 Å². The van der Waals surface area contributed by atoms with Gasteiger partial charge >= 0.3 is 0 Å². The molecule has 0 aromatic carbocycles. The van der Waals surface area contributed by atoms with E-state index in [4.69, 9.17) is 15.6 Å². The van der Waals surface area contributed by atoms with Gasteiger partial charge in [-0.2, -0.15) is 0 Å². The van der Waals surface area contributed by atoms with Crippen LogP contribution in [0.2, 0.25) is 0 Å². The van der Waals surface area contributed by atoms with Crippen LogP contribution < -0.4 is 5.73 Å². The Bertz CT molecular complexity index is 177. The van der Waals surface area contributed by atoms with Crippen LogP contribution >= 0.6 is 0 Å². The molecule has 0 saturated carbocycles. The molecule has 1 amide bonds. The number of ether oxygens (including phenoxy) is 1. The van der Waals surface area contributed by atoms with Crippen molar-refractivity contribution >= 4 is 5.91 Å². The van der Waals surface area contributed by atoms with E-state index < -0.39 is 0 Å². The zero-order valence-corrected chi connectivity index (χ0v) is 10.2. The lowest BCUT2D eigenvalue weighted by Gasteiger charge is -2.21. The predicted molar refractivity (Wildman–Crippen MR) is 63.1 cm³/mol. The lowest BCUT2D eigenvalue weighted by atomic mass is 10.2. The lowest BCUT2D eigenvalue weighted by molar-refractivity contribution is -0.132. The van der Waals surface area contributed by atoms with Gasteiger partial charge in [0.2, 0.25) is 5.91 Å². The number of rotatable bonds is 10. The first kappa shape index (κ1) is 15.3. The third kappa shape index (κ3) is 7.62. The number of aliphatic hydroxyl groups is 1. The van der Waals surface area contributed by atoms with Gasteiger partial charge in [-0.3, -0.25) is 4.79 Å². The number of unbranched alkanes of at least 4 members (excludes halogenated alkanes) is 2. The van der Waals surface area contributed by atoms with Crippen LogP contribution in [-0.4, -0.2) is 55.9 Å². The molecule has 5 heteroatoms. The number of hydrogen-bond donors (Lipinski definition) is 2. The van der Waals surface area contributed by atoms with Crippen molar-refractivity contribution in [3.8, 4) is 0 Å². The van der Waals surface area contributed by atoms with Gasteiger partial charge in [-0.05, 0) is 19.4 Å². The average Bonchev–Trinajstić information content (AvgIpc) is 2.29. The number of carbonyl (C=O) groups is 1. The molecular formula is C11H24N2O3. The van der Waals surface area contributed by atoms with E-state index >= 15 is 0 Å². The number of carbonyl (C=O) groups excluding carboxylic acids is 1. The molecule has 0 bridgehead atoms. The molecule has 5 nitrogen and oxygen atoms in total. The SMILES string of the molecule is COCCN(CCO)C(=O)CCCCCN. The van der Waals surface area contributed by atoms with Gasteiger partial charge in [0, 0.05) is 26.6 Å². The summed E-state index contributed by atoms with van der Waals surface area (Å²) in [4.78, 5) is 13.4. The molecule has 0 unspecified atom stereocenters. The summed E-state index contributed by atoms with van der Waals surface area (Å²) in [5, 5.41) is 8.84.